The number of benzene rings is 1. The van der Waals surface area contributed by atoms with Crippen LogP contribution in [0.2, 0.25) is 0 Å². The average Bonchev–Trinajstić information content (AvgIpc) is 3.24. The second-order valence-electron chi connectivity index (χ2n) is 5.58. The molecule has 22 heavy (non-hydrogen) atoms. The number of hydrogen-bond donors (Lipinski definition) is 2. The van der Waals surface area contributed by atoms with Gasteiger partial charge in [0.2, 0.25) is 0 Å². The lowest BCUT2D eigenvalue weighted by atomic mass is 9.88. The summed E-state index contributed by atoms with van der Waals surface area (Å²) in [5, 5.41) is 4.74. The molecule has 1 unspecified atom stereocenters. The first kappa shape index (κ1) is 16.3. The summed E-state index contributed by atoms with van der Waals surface area (Å²) in [6.07, 6.45) is 1.47. The Hall–Kier alpha value is -2.05. The maximum Gasteiger partial charge on any atom is 0.321 e. The molecule has 0 bridgehead atoms. The lowest BCUT2D eigenvalue weighted by Gasteiger charge is -2.25. The number of alkyl halides is 2. The van der Waals surface area contributed by atoms with Crippen LogP contribution >= 0.6 is 0 Å². The smallest absolute Gasteiger partial charge is 0.321 e. The Balaban J connectivity index is 2.27. The van der Waals surface area contributed by atoms with Crippen LogP contribution in [0, 0.1) is 5.82 Å². The molecule has 2 N–H and O–H groups in total. The van der Waals surface area contributed by atoms with Gasteiger partial charge in [-0.1, -0.05) is 6.07 Å². The highest BCUT2D eigenvalue weighted by atomic mass is 19.3. The van der Waals surface area contributed by atoms with Gasteiger partial charge in [0, 0.05) is 19.4 Å². The lowest BCUT2D eigenvalue weighted by molar-refractivity contribution is -0.144. The Morgan fingerprint density at radius 1 is 1.41 bits per heavy atom. The van der Waals surface area contributed by atoms with Crippen LogP contribution in [-0.2, 0) is 15.0 Å². The second kappa shape index (κ2) is 5.62. The maximum atomic E-state index is 13.9. The number of carbonyl (C=O) groups is 2. The summed E-state index contributed by atoms with van der Waals surface area (Å²) in [4.78, 5) is 22.7. The number of carbonyl (C=O) groups excluding carboxylic acids is 2. The topological polar surface area (TPSA) is 58.2 Å². The van der Waals surface area contributed by atoms with Crippen molar-refractivity contribution in [3.8, 4) is 0 Å². The molecule has 0 aromatic heterocycles. The summed E-state index contributed by atoms with van der Waals surface area (Å²) in [7, 11) is 1.57. The first-order chi connectivity index (χ1) is 10.2. The Morgan fingerprint density at radius 3 is 2.45 bits per heavy atom. The van der Waals surface area contributed by atoms with E-state index in [1.165, 1.54) is 12.1 Å². The van der Waals surface area contributed by atoms with Crippen LogP contribution in [0.4, 0.5) is 18.9 Å². The van der Waals surface area contributed by atoms with Gasteiger partial charge in [0.25, 0.3) is 5.91 Å². The van der Waals surface area contributed by atoms with Crippen LogP contribution in [-0.4, -0.2) is 31.2 Å². The maximum absolute atomic E-state index is 13.9. The van der Waals surface area contributed by atoms with Crippen LogP contribution in [0.3, 0.4) is 0 Å². The molecule has 2 rings (SSSR count). The summed E-state index contributed by atoms with van der Waals surface area (Å²) in [6, 6.07) is 3.31. The van der Waals surface area contributed by atoms with Gasteiger partial charge in [-0.3, -0.25) is 4.79 Å². The van der Waals surface area contributed by atoms with Gasteiger partial charge in [-0.2, -0.15) is 8.78 Å². The molecule has 1 aliphatic rings. The highest BCUT2D eigenvalue weighted by molar-refractivity contribution is 5.86. The minimum atomic E-state index is -3.57. The number of amides is 1. The molecule has 1 atom stereocenters. The van der Waals surface area contributed by atoms with Crippen molar-refractivity contribution in [1.29, 1.82) is 0 Å². The second-order valence-corrected chi connectivity index (χ2v) is 5.58. The lowest BCUT2D eigenvalue weighted by Crippen LogP contribution is -2.49. The van der Waals surface area contributed by atoms with E-state index in [1.807, 2.05) is 0 Å². The normalized spacial score (nSPS) is 17.5. The predicted molar refractivity (Wildman–Crippen MR) is 75.5 cm³/mol. The van der Waals surface area contributed by atoms with Crippen LogP contribution in [0.25, 0.3) is 0 Å². The first-order valence-electron chi connectivity index (χ1n) is 6.86. The van der Waals surface area contributed by atoms with Crippen LogP contribution < -0.4 is 10.6 Å². The van der Waals surface area contributed by atoms with E-state index in [1.54, 1.807) is 13.1 Å². The number of hydrogen-bond acceptors (Lipinski definition) is 3. The van der Waals surface area contributed by atoms with Crippen molar-refractivity contribution in [3.63, 3.8) is 0 Å². The molecule has 1 aromatic carbocycles. The number of rotatable bonds is 6. The number of nitrogens with one attached hydrogen (secondary N) is 2. The van der Waals surface area contributed by atoms with E-state index in [0.29, 0.717) is 37.3 Å². The Bertz CT molecular complexity index is 595. The van der Waals surface area contributed by atoms with E-state index in [9.17, 15) is 22.8 Å². The van der Waals surface area contributed by atoms with Gasteiger partial charge in [0.05, 0.1) is 11.7 Å². The van der Waals surface area contributed by atoms with E-state index in [2.05, 4.69) is 10.6 Å². The molecule has 1 saturated carbocycles. The Labute approximate surface area is 126 Å². The molecule has 1 fully saturated rings. The Kier molecular flexibility index (Phi) is 4.17. The van der Waals surface area contributed by atoms with E-state index in [-0.39, 0.29) is 0 Å². The third kappa shape index (κ3) is 2.93. The van der Waals surface area contributed by atoms with E-state index < -0.39 is 29.1 Å². The minimum Gasteiger partial charge on any atom is -0.386 e. The largest absolute Gasteiger partial charge is 0.386 e. The summed E-state index contributed by atoms with van der Waals surface area (Å²) in [5.74, 6) is -5.58. The van der Waals surface area contributed by atoms with Crippen LogP contribution in [0.5, 0.6) is 0 Å². The van der Waals surface area contributed by atoms with Crippen molar-refractivity contribution < 1.29 is 22.8 Å². The van der Waals surface area contributed by atoms with Gasteiger partial charge in [-0.05, 0) is 30.5 Å². The average molecular weight is 314 g/mol. The summed E-state index contributed by atoms with van der Waals surface area (Å²) in [5.41, 5.74) is 0.00242. The number of anilines is 1. The molecule has 1 aliphatic carbocycles. The zero-order chi connectivity index (χ0) is 16.5. The van der Waals surface area contributed by atoms with Gasteiger partial charge >= 0.3 is 5.92 Å². The molecule has 7 heteroatoms. The van der Waals surface area contributed by atoms with Crippen molar-refractivity contribution in [2.24, 2.45) is 0 Å². The number of halogens is 3. The molecule has 4 nitrogen and oxygen atoms in total. The highest BCUT2D eigenvalue weighted by Crippen LogP contribution is 2.51. The predicted octanol–water partition coefficient (Wildman–Crippen LogP) is 2.24. The molecule has 0 saturated heterocycles. The quantitative estimate of drug-likeness (QED) is 0.792. The molecule has 1 aromatic rings. The fourth-order valence-corrected chi connectivity index (χ4v) is 2.51. The SMILES string of the molecule is CNc1ccc(C2(C(C=O)NC(=O)C(C)(F)F)CC2)cc1F. The molecule has 0 aliphatic heterocycles. The summed E-state index contributed by atoms with van der Waals surface area (Å²) >= 11 is 0. The zero-order valence-corrected chi connectivity index (χ0v) is 12.3. The zero-order valence-electron chi connectivity index (χ0n) is 12.3. The van der Waals surface area contributed by atoms with E-state index >= 15 is 0 Å². The van der Waals surface area contributed by atoms with Crippen LogP contribution in [0.1, 0.15) is 25.3 Å². The van der Waals surface area contributed by atoms with Crippen LogP contribution in [0.15, 0.2) is 18.2 Å². The van der Waals surface area contributed by atoms with Crippen molar-refractivity contribution in [2.45, 2.75) is 37.1 Å². The third-order valence-electron chi connectivity index (χ3n) is 4.02. The van der Waals surface area contributed by atoms with Crippen molar-refractivity contribution in [1.82, 2.24) is 5.32 Å². The third-order valence-corrected chi connectivity index (χ3v) is 4.02. The fourth-order valence-electron chi connectivity index (χ4n) is 2.51. The molecule has 120 valence electrons. The molecular formula is C15H17F3N2O2. The first-order valence-corrected chi connectivity index (χ1v) is 6.86. The molecule has 0 radical (unpaired) electrons. The van der Waals surface area contributed by atoms with E-state index in [4.69, 9.17) is 0 Å². The Morgan fingerprint density at radius 2 is 2.05 bits per heavy atom. The summed E-state index contributed by atoms with van der Waals surface area (Å²) in [6.45, 7) is 0.463. The fraction of sp³-hybridized carbons (Fsp3) is 0.467. The number of aldehydes is 1. The highest BCUT2D eigenvalue weighted by Gasteiger charge is 2.52. The standard InChI is InChI=1S/C15H17F3N2O2/c1-14(17,18)13(22)20-12(8-21)15(5-6-15)9-3-4-11(19-2)10(16)7-9/h3-4,7-8,12,19H,5-6H2,1-2H3,(H,20,22). The van der Waals surface area contributed by atoms with Gasteiger partial charge in [-0.15, -0.1) is 0 Å². The van der Waals surface area contributed by atoms with Gasteiger partial charge in [-0.25, -0.2) is 4.39 Å². The van der Waals surface area contributed by atoms with Crippen molar-refractivity contribution >= 4 is 17.9 Å². The van der Waals surface area contributed by atoms with Gasteiger partial charge in [0.1, 0.15) is 12.1 Å². The van der Waals surface area contributed by atoms with Crippen molar-refractivity contribution in [2.75, 3.05) is 12.4 Å². The minimum absolute atomic E-state index is 0.298. The summed E-state index contributed by atoms with van der Waals surface area (Å²) < 4.78 is 39.8. The van der Waals surface area contributed by atoms with E-state index in [0.717, 1.165) is 0 Å². The van der Waals surface area contributed by atoms with Gasteiger partial charge in [0.15, 0.2) is 0 Å². The van der Waals surface area contributed by atoms with Crippen molar-refractivity contribution in [3.05, 3.63) is 29.6 Å². The molecular weight excluding hydrogens is 297 g/mol. The molecule has 0 heterocycles. The molecule has 0 spiro atoms. The van der Waals surface area contributed by atoms with Gasteiger partial charge < -0.3 is 15.4 Å². The monoisotopic (exact) mass is 314 g/mol. The molecule has 1 amide bonds.